The molecule has 19 heavy (non-hydrogen) atoms. The van der Waals surface area contributed by atoms with Gasteiger partial charge in [0, 0.05) is 18.5 Å². The van der Waals surface area contributed by atoms with Gasteiger partial charge in [0.15, 0.2) is 0 Å². The van der Waals surface area contributed by atoms with Crippen LogP contribution in [-0.2, 0) is 0 Å². The first kappa shape index (κ1) is 13.3. The molecule has 0 spiro atoms. The molecule has 98 valence electrons. The maximum absolute atomic E-state index is 13.0. The predicted octanol–water partition coefficient (Wildman–Crippen LogP) is 3.14. The highest BCUT2D eigenvalue weighted by Gasteiger charge is 2.13. The van der Waals surface area contributed by atoms with E-state index >= 15 is 0 Å². The van der Waals surface area contributed by atoms with Crippen LogP contribution in [0.3, 0.4) is 0 Å². The summed E-state index contributed by atoms with van der Waals surface area (Å²) in [7, 11) is 1.39. The summed E-state index contributed by atoms with van der Waals surface area (Å²) in [5.41, 5.74) is 0.587. The number of rotatable bonds is 3. The van der Waals surface area contributed by atoms with Gasteiger partial charge in [0.05, 0.1) is 23.4 Å². The maximum Gasteiger partial charge on any atom is 0.258 e. The van der Waals surface area contributed by atoms with Crippen LogP contribution in [-0.4, -0.2) is 18.0 Å². The number of carbonyl (C=O) groups is 1. The van der Waals surface area contributed by atoms with Crippen LogP contribution in [0.1, 0.15) is 10.4 Å². The number of carbonyl (C=O) groups excluding carboxylic acids is 1. The molecule has 1 aromatic carbocycles. The first-order valence-corrected chi connectivity index (χ1v) is 5.74. The average Bonchev–Trinajstić information content (AvgIpc) is 2.41. The van der Waals surface area contributed by atoms with Crippen LogP contribution in [0.25, 0.3) is 0 Å². The Morgan fingerprint density at radius 1 is 1.42 bits per heavy atom. The molecule has 1 N–H and O–H groups in total. The van der Waals surface area contributed by atoms with Crippen molar-refractivity contribution in [2.75, 3.05) is 12.4 Å². The van der Waals surface area contributed by atoms with E-state index in [-0.39, 0.29) is 16.3 Å². The zero-order valence-electron chi connectivity index (χ0n) is 9.98. The molecule has 1 heterocycles. The summed E-state index contributed by atoms with van der Waals surface area (Å²) in [5.74, 6) is -0.661. The van der Waals surface area contributed by atoms with Gasteiger partial charge in [0.25, 0.3) is 5.91 Å². The number of methoxy groups -OCH3 is 1. The summed E-state index contributed by atoms with van der Waals surface area (Å²) in [6.07, 6.45) is 2.84. The fourth-order valence-electron chi connectivity index (χ4n) is 1.50. The van der Waals surface area contributed by atoms with E-state index in [1.807, 2.05) is 0 Å². The number of benzene rings is 1. The smallest absolute Gasteiger partial charge is 0.258 e. The molecular weight excluding hydrogens is 271 g/mol. The molecule has 0 atom stereocenters. The van der Waals surface area contributed by atoms with Crippen LogP contribution in [0.2, 0.25) is 5.02 Å². The summed E-state index contributed by atoms with van der Waals surface area (Å²) in [6, 6.07) is 5.33. The highest BCUT2D eigenvalue weighted by atomic mass is 35.5. The van der Waals surface area contributed by atoms with Crippen molar-refractivity contribution in [2.24, 2.45) is 0 Å². The van der Waals surface area contributed by atoms with Gasteiger partial charge in [0.1, 0.15) is 11.6 Å². The van der Waals surface area contributed by atoms with Crippen LogP contribution in [0.15, 0.2) is 36.7 Å². The number of amides is 1. The Bertz CT molecular complexity index is 619. The second-order valence-electron chi connectivity index (χ2n) is 3.65. The van der Waals surface area contributed by atoms with E-state index in [1.165, 1.54) is 43.8 Å². The van der Waals surface area contributed by atoms with Crippen molar-refractivity contribution in [3.63, 3.8) is 0 Å². The van der Waals surface area contributed by atoms with Crippen LogP contribution in [0, 0.1) is 5.82 Å². The average molecular weight is 281 g/mol. The minimum atomic E-state index is -0.450. The lowest BCUT2D eigenvalue weighted by molar-refractivity contribution is 0.102. The standard InChI is InChI=1S/C13H10ClFN2O2/c1-19-12-6-8(15)2-3-11(12)17-13(18)9-7-16-5-4-10(9)14/h2-7H,1H3,(H,17,18). The number of nitrogens with one attached hydrogen (secondary N) is 1. The number of hydrogen-bond acceptors (Lipinski definition) is 3. The van der Waals surface area contributed by atoms with Crippen molar-refractivity contribution in [1.29, 1.82) is 0 Å². The zero-order chi connectivity index (χ0) is 13.8. The number of pyridine rings is 1. The van der Waals surface area contributed by atoms with Crippen molar-refractivity contribution < 1.29 is 13.9 Å². The number of ether oxygens (including phenoxy) is 1. The van der Waals surface area contributed by atoms with Gasteiger partial charge in [-0.15, -0.1) is 0 Å². The van der Waals surface area contributed by atoms with Gasteiger partial charge >= 0.3 is 0 Å². The van der Waals surface area contributed by atoms with Gasteiger partial charge in [-0.1, -0.05) is 11.6 Å². The van der Waals surface area contributed by atoms with Gasteiger partial charge in [-0.25, -0.2) is 4.39 Å². The molecule has 0 unspecified atom stereocenters. The van der Waals surface area contributed by atoms with Gasteiger partial charge in [-0.2, -0.15) is 0 Å². The highest BCUT2D eigenvalue weighted by molar-refractivity contribution is 6.34. The second-order valence-corrected chi connectivity index (χ2v) is 4.06. The second kappa shape index (κ2) is 5.67. The Morgan fingerprint density at radius 3 is 2.89 bits per heavy atom. The van der Waals surface area contributed by atoms with Gasteiger partial charge in [-0.3, -0.25) is 9.78 Å². The highest BCUT2D eigenvalue weighted by Crippen LogP contribution is 2.26. The largest absolute Gasteiger partial charge is 0.494 e. The van der Waals surface area contributed by atoms with E-state index < -0.39 is 11.7 Å². The summed E-state index contributed by atoms with van der Waals surface area (Å²) in [6.45, 7) is 0. The van der Waals surface area contributed by atoms with Crippen LogP contribution >= 0.6 is 11.6 Å². The molecule has 0 bridgehead atoms. The third-order valence-electron chi connectivity index (χ3n) is 2.42. The number of nitrogens with zero attached hydrogens (tertiary/aromatic N) is 1. The van der Waals surface area contributed by atoms with Crippen LogP contribution in [0.4, 0.5) is 10.1 Å². The van der Waals surface area contributed by atoms with Crippen molar-refractivity contribution in [3.05, 3.63) is 53.1 Å². The quantitative estimate of drug-likeness (QED) is 0.940. The lowest BCUT2D eigenvalue weighted by Gasteiger charge is -2.10. The molecule has 2 aromatic rings. The fourth-order valence-corrected chi connectivity index (χ4v) is 1.69. The van der Waals surface area contributed by atoms with Crippen LogP contribution < -0.4 is 10.1 Å². The van der Waals surface area contributed by atoms with E-state index in [0.29, 0.717) is 5.69 Å². The molecule has 4 nitrogen and oxygen atoms in total. The summed E-state index contributed by atoms with van der Waals surface area (Å²) in [4.78, 5) is 15.8. The van der Waals surface area contributed by atoms with E-state index in [2.05, 4.69) is 10.3 Å². The Balaban J connectivity index is 2.27. The molecule has 1 aromatic heterocycles. The van der Waals surface area contributed by atoms with Crippen molar-refractivity contribution >= 4 is 23.2 Å². The third kappa shape index (κ3) is 3.00. The minimum absolute atomic E-state index is 0.230. The molecule has 0 saturated heterocycles. The molecule has 0 aliphatic rings. The van der Waals surface area contributed by atoms with Crippen LogP contribution in [0.5, 0.6) is 5.75 Å². The summed E-state index contributed by atoms with van der Waals surface area (Å²) < 4.78 is 18.0. The number of anilines is 1. The normalized spacial score (nSPS) is 10.1. The molecule has 0 fully saturated rings. The van der Waals surface area contributed by atoms with Gasteiger partial charge < -0.3 is 10.1 Å². The minimum Gasteiger partial charge on any atom is -0.494 e. The third-order valence-corrected chi connectivity index (χ3v) is 2.75. The monoisotopic (exact) mass is 280 g/mol. The molecule has 0 aliphatic carbocycles. The summed E-state index contributed by atoms with van der Waals surface area (Å²) in [5, 5.41) is 2.88. The van der Waals surface area contributed by atoms with E-state index in [1.54, 1.807) is 0 Å². The van der Waals surface area contributed by atoms with E-state index in [0.717, 1.165) is 0 Å². The topological polar surface area (TPSA) is 51.2 Å². The molecule has 6 heteroatoms. The lowest BCUT2D eigenvalue weighted by atomic mass is 10.2. The zero-order valence-corrected chi connectivity index (χ0v) is 10.7. The number of halogens is 2. The molecular formula is C13H10ClFN2O2. The van der Waals surface area contributed by atoms with Crippen molar-refractivity contribution in [1.82, 2.24) is 4.98 Å². The molecule has 0 radical (unpaired) electrons. The SMILES string of the molecule is COc1cc(F)ccc1NC(=O)c1cnccc1Cl. The lowest BCUT2D eigenvalue weighted by Crippen LogP contribution is -2.13. The van der Waals surface area contributed by atoms with Crippen molar-refractivity contribution in [2.45, 2.75) is 0 Å². The van der Waals surface area contributed by atoms with E-state index in [9.17, 15) is 9.18 Å². The molecule has 0 aliphatic heterocycles. The van der Waals surface area contributed by atoms with Gasteiger partial charge in [-0.05, 0) is 18.2 Å². The summed E-state index contributed by atoms with van der Waals surface area (Å²) >= 11 is 5.89. The first-order valence-electron chi connectivity index (χ1n) is 5.36. The first-order chi connectivity index (χ1) is 9.11. The number of aromatic nitrogens is 1. The van der Waals surface area contributed by atoms with Gasteiger partial charge in [0.2, 0.25) is 0 Å². The Kier molecular flexibility index (Phi) is 3.97. The Labute approximate surface area is 114 Å². The number of hydrogen-bond donors (Lipinski definition) is 1. The predicted molar refractivity (Wildman–Crippen MR) is 70.2 cm³/mol. The Hall–Kier alpha value is -2.14. The molecule has 0 saturated carbocycles. The molecule has 1 amide bonds. The van der Waals surface area contributed by atoms with E-state index in [4.69, 9.17) is 16.3 Å². The molecule has 2 rings (SSSR count). The Morgan fingerprint density at radius 2 is 2.21 bits per heavy atom. The fraction of sp³-hybridized carbons (Fsp3) is 0.0769. The maximum atomic E-state index is 13.0. The van der Waals surface area contributed by atoms with Crippen molar-refractivity contribution in [3.8, 4) is 5.75 Å².